The van der Waals surface area contributed by atoms with Crippen molar-refractivity contribution in [3.05, 3.63) is 0 Å². The van der Waals surface area contributed by atoms with E-state index in [1.165, 1.54) is 0 Å². The van der Waals surface area contributed by atoms with Gasteiger partial charge in [-0.05, 0) is 25.1 Å². The zero-order valence-electron chi connectivity index (χ0n) is 13.0. The third-order valence-electron chi connectivity index (χ3n) is 3.53. The SMILES string of the molecule is CCOCCNCC(CN)O[Si](C)(C)C(C)(C)C. The van der Waals surface area contributed by atoms with Crippen molar-refractivity contribution in [2.24, 2.45) is 5.73 Å². The van der Waals surface area contributed by atoms with Gasteiger partial charge in [0, 0.05) is 26.2 Å². The summed E-state index contributed by atoms with van der Waals surface area (Å²) in [5.74, 6) is 0. The Balaban J connectivity index is 4.04. The molecule has 5 heteroatoms. The van der Waals surface area contributed by atoms with Crippen molar-refractivity contribution in [1.29, 1.82) is 0 Å². The first-order chi connectivity index (χ1) is 8.24. The predicted molar refractivity (Wildman–Crippen MR) is 80.5 cm³/mol. The fourth-order valence-corrected chi connectivity index (χ4v) is 2.68. The van der Waals surface area contributed by atoms with Crippen molar-refractivity contribution in [1.82, 2.24) is 5.32 Å². The Bertz CT molecular complexity index is 218. The zero-order chi connectivity index (χ0) is 14.2. The molecular formula is C13H32N2O2Si. The van der Waals surface area contributed by atoms with Crippen molar-refractivity contribution in [3.8, 4) is 0 Å². The number of nitrogens with two attached hydrogens (primary N) is 1. The number of hydrogen-bond donors (Lipinski definition) is 2. The summed E-state index contributed by atoms with van der Waals surface area (Å²) in [5, 5.41) is 3.57. The summed E-state index contributed by atoms with van der Waals surface area (Å²) in [4.78, 5) is 0. The number of rotatable bonds is 9. The van der Waals surface area contributed by atoms with Crippen molar-refractivity contribution in [2.75, 3.05) is 32.8 Å². The average Bonchev–Trinajstić information content (AvgIpc) is 2.25. The molecule has 4 nitrogen and oxygen atoms in total. The van der Waals surface area contributed by atoms with Gasteiger partial charge in [-0.3, -0.25) is 0 Å². The first-order valence-electron chi connectivity index (χ1n) is 6.91. The van der Waals surface area contributed by atoms with Crippen LogP contribution < -0.4 is 11.1 Å². The summed E-state index contributed by atoms with van der Waals surface area (Å²) in [6.07, 6.45) is 0.104. The Labute approximate surface area is 114 Å². The third kappa shape index (κ3) is 6.85. The van der Waals surface area contributed by atoms with Gasteiger partial charge >= 0.3 is 0 Å². The summed E-state index contributed by atoms with van der Waals surface area (Å²) < 4.78 is 11.5. The van der Waals surface area contributed by atoms with Crippen LogP contribution >= 0.6 is 0 Å². The van der Waals surface area contributed by atoms with E-state index in [0.717, 1.165) is 26.3 Å². The van der Waals surface area contributed by atoms with E-state index in [9.17, 15) is 0 Å². The third-order valence-corrected chi connectivity index (χ3v) is 8.06. The smallest absolute Gasteiger partial charge is 0.192 e. The molecule has 0 amide bonds. The molecule has 0 rings (SSSR count). The Hall–Kier alpha value is 0.0569. The second-order valence-corrected chi connectivity index (χ2v) is 10.9. The number of ether oxygens (including phenoxy) is 1. The Morgan fingerprint density at radius 3 is 2.33 bits per heavy atom. The quantitative estimate of drug-likeness (QED) is 0.499. The van der Waals surface area contributed by atoms with Gasteiger partial charge in [0.25, 0.3) is 0 Å². The van der Waals surface area contributed by atoms with E-state index < -0.39 is 8.32 Å². The molecule has 1 atom stereocenters. The molecule has 0 saturated carbocycles. The molecule has 0 aromatic carbocycles. The van der Waals surface area contributed by atoms with Crippen molar-refractivity contribution < 1.29 is 9.16 Å². The number of nitrogens with one attached hydrogen (secondary N) is 1. The van der Waals surface area contributed by atoms with Gasteiger partial charge in [-0.25, -0.2) is 0 Å². The molecule has 0 bridgehead atoms. The van der Waals surface area contributed by atoms with E-state index in [1.807, 2.05) is 6.92 Å². The van der Waals surface area contributed by atoms with Gasteiger partial charge in [-0.2, -0.15) is 0 Å². The van der Waals surface area contributed by atoms with Gasteiger partial charge < -0.3 is 20.2 Å². The standard InChI is InChI=1S/C13H32N2O2Si/c1-7-16-9-8-15-11-12(10-14)17-18(5,6)13(2,3)4/h12,15H,7-11,14H2,1-6H3. The molecule has 0 aromatic rings. The van der Waals surface area contributed by atoms with Crippen molar-refractivity contribution in [3.63, 3.8) is 0 Å². The van der Waals surface area contributed by atoms with Gasteiger partial charge in [-0.1, -0.05) is 20.8 Å². The molecular weight excluding hydrogens is 244 g/mol. The molecule has 0 aliphatic carbocycles. The van der Waals surface area contributed by atoms with Crippen LogP contribution in [0.25, 0.3) is 0 Å². The van der Waals surface area contributed by atoms with E-state index >= 15 is 0 Å². The minimum Gasteiger partial charge on any atom is -0.411 e. The van der Waals surface area contributed by atoms with Gasteiger partial charge in [0.2, 0.25) is 0 Å². The lowest BCUT2D eigenvalue weighted by atomic mass is 10.2. The largest absolute Gasteiger partial charge is 0.411 e. The highest BCUT2D eigenvalue weighted by Gasteiger charge is 2.38. The van der Waals surface area contributed by atoms with Gasteiger partial charge in [0.05, 0.1) is 12.7 Å². The molecule has 0 aliphatic rings. The zero-order valence-corrected chi connectivity index (χ0v) is 14.0. The molecule has 0 heterocycles. The fraction of sp³-hybridized carbons (Fsp3) is 1.00. The molecule has 0 aliphatic heterocycles. The van der Waals surface area contributed by atoms with Crippen LogP contribution in [0.3, 0.4) is 0 Å². The van der Waals surface area contributed by atoms with E-state index in [4.69, 9.17) is 14.9 Å². The molecule has 3 N–H and O–H groups in total. The molecule has 1 unspecified atom stereocenters. The van der Waals surface area contributed by atoms with Crippen LogP contribution in [0.1, 0.15) is 27.7 Å². The first kappa shape index (κ1) is 18.1. The van der Waals surface area contributed by atoms with Crippen molar-refractivity contribution >= 4 is 8.32 Å². The van der Waals surface area contributed by atoms with Gasteiger partial charge in [0.15, 0.2) is 8.32 Å². The molecule has 0 aromatic heterocycles. The van der Waals surface area contributed by atoms with Crippen LogP contribution in [0.4, 0.5) is 0 Å². The normalized spacial score (nSPS) is 14.8. The average molecular weight is 276 g/mol. The molecule has 0 radical (unpaired) electrons. The molecule has 0 fully saturated rings. The Morgan fingerprint density at radius 2 is 1.89 bits per heavy atom. The summed E-state index contributed by atoms with van der Waals surface area (Å²) in [6, 6.07) is 0. The lowest BCUT2D eigenvalue weighted by Crippen LogP contribution is -2.48. The van der Waals surface area contributed by atoms with E-state index in [0.29, 0.717) is 6.54 Å². The Kier molecular flexibility index (Phi) is 8.30. The molecule has 0 spiro atoms. The topological polar surface area (TPSA) is 56.5 Å². The minimum atomic E-state index is -1.72. The lowest BCUT2D eigenvalue weighted by Gasteiger charge is -2.39. The highest BCUT2D eigenvalue weighted by atomic mass is 28.4. The van der Waals surface area contributed by atoms with Crippen LogP contribution in [-0.4, -0.2) is 47.3 Å². The van der Waals surface area contributed by atoms with Crippen LogP contribution in [0, 0.1) is 0 Å². The maximum Gasteiger partial charge on any atom is 0.192 e. The predicted octanol–water partition coefficient (Wildman–Crippen LogP) is 1.96. The summed E-state index contributed by atoms with van der Waals surface area (Å²) in [7, 11) is -1.72. The molecule has 18 heavy (non-hydrogen) atoms. The van der Waals surface area contributed by atoms with Crippen LogP contribution in [0.2, 0.25) is 18.1 Å². The summed E-state index contributed by atoms with van der Waals surface area (Å²) in [6.45, 7) is 17.0. The fourth-order valence-electron chi connectivity index (χ4n) is 1.32. The van der Waals surface area contributed by atoms with Crippen LogP contribution in [0.5, 0.6) is 0 Å². The van der Waals surface area contributed by atoms with Gasteiger partial charge in [-0.15, -0.1) is 0 Å². The Morgan fingerprint density at radius 1 is 1.28 bits per heavy atom. The number of hydrogen-bond acceptors (Lipinski definition) is 4. The van der Waals surface area contributed by atoms with Crippen LogP contribution in [0.15, 0.2) is 0 Å². The van der Waals surface area contributed by atoms with E-state index in [1.54, 1.807) is 0 Å². The molecule has 0 saturated heterocycles. The second kappa shape index (κ2) is 8.27. The second-order valence-electron chi connectivity index (χ2n) is 6.14. The lowest BCUT2D eigenvalue weighted by molar-refractivity contribution is 0.141. The summed E-state index contributed by atoms with van der Waals surface area (Å²) in [5.41, 5.74) is 5.79. The highest BCUT2D eigenvalue weighted by molar-refractivity contribution is 6.74. The summed E-state index contributed by atoms with van der Waals surface area (Å²) >= 11 is 0. The van der Waals surface area contributed by atoms with E-state index in [2.05, 4.69) is 39.2 Å². The van der Waals surface area contributed by atoms with E-state index in [-0.39, 0.29) is 11.1 Å². The maximum atomic E-state index is 6.27. The van der Waals surface area contributed by atoms with Crippen molar-refractivity contribution in [2.45, 2.75) is 51.9 Å². The first-order valence-corrected chi connectivity index (χ1v) is 9.81. The highest BCUT2D eigenvalue weighted by Crippen LogP contribution is 2.37. The molecule has 110 valence electrons. The minimum absolute atomic E-state index is 0.104. The van der Waals surface area contributed by atoms with Gasteiger partial charge in [0.1, 0.15) is 0 Å². The van der Waals surface area contributed by atoms with Crippen LogP contribution in [-0.2, 0) is 9.16 Å². The monoisotopic (exact) mass is 276 g/mol. The maximum absolute atomic E-state index is 6.27.